The molecule has 0 aliphatic carbocycles. The Hall–Kier alpha value is -3.67. The molecule has 0 N–H and O–H groups in total. The number of rotatable bonds is 7. The predicted molar refractivity (Wildman–Crippen MR) is 107 cm³/mol. The zero-order valence-electron chi connectivity index (χ0n) is 15.8. The predicted octanol–water partition coefficient (Wildman–Crippen LogP) is 3.89. The minimum absolute atomic E-state index is 0.0933. The molecular weight excluding hydrogens is 368 g/mol. The van der Waals surface area contributed by atoms with Crippen LogP contribution < -0.4 is 4.90 Å². The summed E-state index contributed by atoms with van der Waals surface area (Å²) in [6, 6.07) is 19.8. The third-order valence-electron chi connectivity index (χ3n) is 4.91. The van der Waals surface area contributed by atoms with E-state index in [1.807, 2.05) is 36.4 Å². The molecule has 3 amide bonds. The van der Waals surface area contributed by atoms with Crippen molar-refractivity contribution < 1.29 is 18.8 Å². The summed E-state index contributed by atoms with van der Waals surface area (Å²) in [5.41, 5.74) is 1.62. The molecule has 1 aromatic heterocycles. The fourth-order valence-electron chi connectivity index (χ4n) is 3.46. The van der Waals surface area contributed by atoms with Gasteiger partial charge >= 0.3 is 0 Å². The van der Waals surface area contributed by atoms with Crippen molar-refractivity contribution in [1.82, 2.24) is 4.90 Å². The van der Waals surface area contributed by atoms with E-state index in [4.69, 9.17) is 4.42 Å². The molecule has 0 bridgehead atoms. The lowest BCUT2D eigenvalue weighted by Gasteiger charge is -2.22. The Kier molecular flexibility index (Phi) is 5.24. The first-order chi connectivity index (χ1) is 14.1. The lowest BCUT2D eigenvalue weighted by molar-refractivity contribution is -0.119. The molecule has 1 aliphatic heterocycles. The number of para-hydroxylation sites is 1. The Morgan fingerprint density at radius 3 is 2.14 bits per heavy atom. The van der Waals surface area contributed by atoms with Gasteiger partial charge in [0.2, 0.25) is 5.91 Å². The second-order valence-corrected chi connectivity index (χ2v) is 6.81. The van der Waals surface area contributed by atoms with Crippen molar-refractivity contribution in [2.24, 2.45) is 0 Å². The zero-order chi connectivity index (χ0) is 20.2. The van der Waals surface area contributed by atoms with Crippen molar-refractivity contribution >= 4 is 23.4 Å². The van der Waals surface area contributed by atoms with Gasteiger partial charge in [-0.2, -0.15) is 0 Å². The first kappa shape index (κ1) is 18.7. The normalized spacial score (nSPS) is 12.9. The molecule has 3 aromatic rings. The van der Waals surface area contributed by atoms with Gasteiger partial charge in [0.05, 0.1) is 23.9 Å². The van der Waals surface area contributed by atoms with E-state index < -0.39 is 0 Å². The largest absolute Gasteiger partial charge is 0.467 e. The van der Waals surface area contributed by atoms with Crippen LogP contribution in [-0.4, -0.2) is 29.2 Å². The molecule has 4 rings (SSSR count). The maximum Gasteiger partial charge on any atom is 0.261 e. The van der Waals surface area contributed by atoms with Gasteiger partial charge in [0.1, 0.15) is 5.76 Å². The van der Waals surface area contributed by atoms with E-state index >= 15 is 0 Å². The maximum absolute atomic E-state index is 12.9. The fourth-order valence-corrected chi connectivity index (χ4v) is 3.46. The van der Waals surface area contributed by atoms with E-state index in [1.165, 1.54) is 4.90 Å². The lowest BCUT2D eigenvalue weighted by Crippen LogP contribution is -2.33. The Bertz CT molecular complexity index is 993. The van der Waals surface area contributed by atoms with Crippen molar-refractivity contribution in [3.63, 3.8) is 0 Å². The summed E-state index contributed by atoms with van der Waals surface area (Å²) < 4.78 is 5.39. The number of anilines is 1. The van der Waals surface area contributed by atoms with Crippen LogP contribution in [-0.2, 0) is 11.3 Å². The summed E-state index contributed by atoms with van der Waals surface area (Å²) in [7, 11) is 0. The second kappa shape index (κ2) is 8.14. The van der Waals surface area contributed by atoms with Crippen molar-refractivity contribution in [1.29, 1.82) is 0 Å². The van der Waals surface area contributed by atoms with Crippen LogP contribution in [0.15, 0.2) is 77.4 Å². The van der Waals surface area contributed by atoms with Crippen LogP contribution in [0, 0.1) is 0 Å². The molecule has 0 saturated carbocycles. The van der Waals surface area contributed by atoms with E-state index in [1.54, 1.807) is 41.5 Å². The molecule has 146 valence electrons. The van der Waals surface area contributed by atoms with Crippen LogP contribution in [0.5, 0.6) is 0 Å². The number of hydrogen-bond donors (Lipinski definition) is 0. The van der Waals surface area contributed by atoms with Crippen molar-refractivity contribution in [2.75, 3.05) is 11.4 Å². The minimum Gasteiger partial charge on any atom is -0.467 e. The SMILES string of the molecule is O=C1c2ccccc2C(=O)N1CCCC(=O)N(Cc1ccco1)c1ccccc1. The average Bonchev–Trinajstić information content (AvgIpc) is 3.35. The first-order valence-electron chi connectivity index (χ1n) is 9.48. The highest BCUT2D eigenvalue weighted by molar-refractivity contribution is 6.21. The number of carbonyl (C=O) groups excluding carboxylic acids is 3. The average molecular weight is 388 g/mol. The van der Waals surface area contributed by atoms with Crippen molar-refractivity contribution in [2.45, 2.75) is 19.4 Å². The van der Waals surface area contributed by atoms with E-state index in [-0.39, 0.29) is 30.7 Å². The number of benzene rings is 2. The highest BCUT2D eigenvalue weighted by Gasteiger charge is 2.34. The third kappa shape index (κ3) is 3.82. The number of amides is 3. The fraction of sp³-hybridized carbons (Fsp3) is 0.174. The number of hydrogen-bond acceptors (Lipinski definition) is 4. The summed E-state index contributed by atoms with van der Waals surface area (Å²) in [5, 5.41) is 0. The molecule has 1 aliphatic rings. The summed E-state index contributed by atoms with van der Waals surface area (Å²) in [4.78, 5) is 40.7. The molecule has 29 heavy (non-hydrogen) atoms. The first-order valence-corrected chi connectivity index (χ1v) is 9.48. The molecular formula is C23H20N2O4. The van der Waals surface area contributed by atoms with Gasteiger partial charge in [-0.15, -0.1) is 0 Å². The van der Waals surface area contributed by atoms with E-state index in [2.05, 4.69) is 0 Å². The van der Waals surface area contributed by atoms with E-state index in [0.717, 1.165) is 5.69 Å². The molecule has 0 saturated heterocycles. The van der Waals surface area contributed by atoms with Crippen LogP contribution in [0.4, 0.5) is 5.69 Å². The number of nitrogens with zero attached hydrogens (tertiary/aromatic N) is 2. The third-order valence-corrected chi connectivity index (χ3v) is 4.91. The van der Waals surface area contributed by atoms with Crippen LogP contribution in [0.25, 0.3) is 0 Å². The molecule has 2 aromatic carbocycles. The maximum atomic E-state index is 12.9. The van der Waals surface area contributed by atoms with Gasteiger partial charge in [-0.3, -0.25) is 19.3 Å². The molecule has 0 fully saturated rings. The molecule has 2 heterocycles. The van der Waals surface area contributed by atoms with Crippen molar-refractivity contribution in [3.05, 3.63) is 89.9 Å². The van der Waals surface area contributed by atoms with Crippen molar-refractivity contribution in [3.8, 4) is 0 Å². The highest BCUT2D eigenvalue weighted by atomic mass is 16.3. The molecule has 0 unspecified atom stereocenters. The van der Waals surface area contributed by atoms with Gasteiger partial charge < -0.3 is 9.32 Å². The second-order valence-electron chi connectivity index (χ2n) is 6.81. The smallest absolute Gasteiger partial charge is 0.261 e. The summed E-state index contributed by atoms with van der Waals surface area (Å²) >= 11 is 0. The quantitative estimate of drug-likeness (QED) is 0.576. The minimum atomic E-state index is -0.298. The number of furan rings is 1. The highest BCUT2D eigenvalue weighted by Crippen LogP contribution is 2.23. The van der Waals surface area contributed by atoms with Crippen LogP contribution in [0.1, 0.15) is 39.3 Å². The van der Waals surface area contributed by atoms with Gasteiger partial charge in [-0.25, -0.2) is 0 Å². The van der Waals surface area contributed by atoms with E-state index in [9.17, 15) is 14.4 Å². The Labute approximate surface area is 168 Å². The molecule has 0 spiro atoms. The Morgan fingerprint density at radius 2 is 1.52 bits per heavy atom. The lowest BCUT2D eigenvalue weighted by atomic mass is 10.1. The summed E-state index contributed by atoms with van der Waals surface area (Å²) in [6.45, 7) is 0.532. The molecule has 0 radical (unpaired) electrons. The van der Waals surface area contributed by atoms with Gasteiger partial charge in [0, 0.05) is 18.7 Å². The standard InChI is InChI=1S/C23H20N2O4/c26-21(25(16-18-10-7-15-29-18)17-8-2-1-3-9-17)13-6-14-24-22(27)19-11-4-5-12-20(19)23(24)28/h1-5,7-12,15H,6,13-14,16H2. The number of carbonyl (C=O) groups is 3. The van der Waals surface area contributed by atoms with Gasteiger partial charge in [0.15, 0.2) is 0 Å². The number of fused-ring (bicyclic) bond motifs is 1. The summed E-state index contributed by atoms with van der Waals surface area (Å²) in [5.74, 6) is -0.00568. The van der Waals surface area contributed by atoms with Gasteiger partial charge in [0.25, 0.3) is 11.8 Å². The van der Waals surface area contributed by atoms with Gasteiger partial charge in [-0.05, 0) is 42.8 Å². The van der Waals surface area contributed by atoms with E-state index in [0.29, 0.717) is 29.9 Å². The zero-order valence-corrected chi connectivity index (χ0v) is 15.8. The topological polar surface area (TPSA) is 70.8 Å². The van der Waals surface area contributed by atoms with Crippen LogP contribution in [0.3, 0.4) is 0 Å². The molecule has 6 heteroatoms. The Morgan fingerprint density at radius 1 is 0.862 bits per heavy atom. The molecule has 6 nitrogen and oxygen atoms in total. The van der Waals surface area contributed by atoms with Gasteiger partial charge in [-0.1, -0.05) is 30.3 Å². The molecule has 0 atom stereocenters. The van der Waals surface area contributed by atoms with Crippen LogP contribution >= 0.6 is 0 Å². The Balaban J connectivity index is 1.41. The van der Waals surface area contributed by atoms with Crippen LogP contribution in [0.2, 0.25) is 0 Å². The summed E-state index contributed by atoms with van der Waals surface area (Å²) in [6.07, 6.45) is 2.18. The number of imide groups is 1. The monoisotopic (exact) mass is 388 g/mol.